The molecule has 2 aliphatic rings. The lowest BCUT2D eigenvalue weighted by atomic mass is 9.91. The molecule has 35 heavy (non-hydrogen) atoms. The van der Waals surface area contributed by atoms with Gasteiger partial charge in [-0.25, -0.2) is 8.78 Å². The quantitative estimate of drug-likeness (QED) is 0.440. The summed E-state index contributed by atoms with van der Waals surface area (Å²) in [5, 5.41) is 5.33. The summed E-state index contributed by atoms with van der Waals surface area (Å²) in [5.74, 6) is -1.74. The van der Waals surface area contributed by atoms with Crippen molar-refractivity contribution in [1.82, 2.24) is 10.2 Å². The lowest BCUT2D eigenvalue weighted by Crippen LogP contribution is -2.44. The zero-order chi connectivity index (χ0) is 24.5. The number of nitrogens with zero attached hydrogens (tertiary/aromatic N) is 2. The third-order valence-corrected chi connectivity index (χ3v) is 6.38. The predicted octanol–water partition coefficient (Wildman–Crippen LogP) is 4.11. The zero-order valence-electron chi connectivity index (χ0n) is 19.1. The van der Waals surface area contributed by atoms with Gasteiger partial charge in [0.25, 0.3) is 11.8 Å². The van der Waals surface area contributed by atoms with Crippen LogP contribution in [-0.4, -0.2) is 49.9 Å². The van der Waals surface area contributed by atoms with Crippen LogP contribution in [0.4, 0.5) is 20.2 Å². The van der Waals surface area contributed by atoms with Crippen molar-refractivity contribution in [2.24, 2.45) is 0 Å². The van der Waals surface area contributed by atoms with E-state index < -0.39 is 11.8 Å². The molecule has 0 spiro atoms. The molecule has 3 aromatic rings. The van der Waals surface area contributed by atoms with E-state index in [0.717, 1.165) is 37.3 Å². The summed E-state index contributed by atoms with van der Waals surface area (Å²) in [7, 11) is 2.05. The number of halogens is 2. The first-order chi connectivity index (χ1) is 16.9. The van der Waals surface area contributed by atoms with Crippen LogP contribution in [0, 0.1) is 11.6 Å². The number of carbonyl (C=O) groups is 2. The number of rotatable bonds is 4. The van der Waals surface area contributed by atoms with Crippen molar-refractivity contribution < 1.29 is 18.4 Å². The van der Waals surface area contributed by atoms with Crippen molar-refractivity contribution in [3.05, 3.63) is 89.6 Å². The highest BCUT2D eigenvalue weighted by atomic mass is 19.1. The van der Waals surface area contributed by atoms with Crippen molar-refractivity contribution in [2.45, 2.75) is 0 Å². The number of amides is 2. The molecule has 0 unspecified atom stereocenters. The normalized spacial score (nSPS) is 17.3. The molecule has 0 radical (unpaired) electrons. The van der Waals surface area contributed by atoms with Gasteiger partial charge >= 0.3 is 0 Å². The van der Waals surface area contributed by atoms with E-state index in [1.54, 1.807) is 42.5 Å². The van der Waals surface area contributed by atoms with Crippen molar-refractivity contribution in [3.8, 4) is 11.1 Å². The highest BCUT2D eigenvalue weighted by Gasteiger charge is 2.27. The topological polar surface area (TPSA) is 64.7 Å². The summed E-state index contributed by atoms with van der Waals surface area (Å²) in [6.07, 6.45) is 1.47. The van der Waals surface area contributed by atoms with Gasteiger partial charge in [-0.3, -0.25) is 14.9 Å². The Morgan fingerprint density at radius 3 is 2.26 bits per heavy atom. The Hall–Kier alpha value is -4.04. The molecule has 5 rings (SSSR count). The highest BCUT2D eigenvalue weighted by molar-refractivity contribution is 6.31. The summed E-state index contributed by atoms with van der Waals surface area (Å²) in [5.41, 5.74) is 3.55. The van der Waals surface area contributed by atoms with E-state index >= 15 is 0 Å². The number of nitrogens with one attached hydrogen (secondary N) is 2. The largest absolute Gasteiger partial charge is 0.367 e. The summed E-state index contributed by atoms with van der Waals surface area (Å²) >= 11 is 0. The SMILES string of the molecule is CN1CCN(c2ccc(NC=C3C(=O)NC(=O)c4ccc(-c5ccc(F)cc5)cc43)cc2F)CC1. The minimum atomic E-state index is -0.555. The summed E-state index contributed by atoms with van der Waals surface area (Å²) in [6.45, 7) is 3.26. The number of fused-ring (bicyclic) bond motifs is 1. The smallest absolute Gasteiger partial charge is 0.260 e. The predicted molar refractivity (Wildman–Crippen MR) is 132 cm³/mol. The van der Waals surface area contributed by atoms with Gasteiger partial charge in [-0.05, 0) is 60.6 Å². The lowest BCUT2D eigenvalue weighted by molar-refractivity contribution is -0.114. The Kier molecular flexibility index (Phi) is 6.05. The Morgan fingerprint density at radius 1 is 0.829 bits per heavy atom. The summed E-state index contributed by atoms with van der Waals surface area (Å²) in [4.78, 5) is 29.3. The molecule has 0 atom stereocenters. The second kappa shape index (κ2) is 9.31. The van der Waals surface area contributed by atoms with Crippen molar-refractivity contribution in [1.29, 1.82) is 0 Å². The fraction of sp³-hybridized carbons (Fsp3) is 0.185. The van der Waals surface area contributed by atoms with Gasteiger partial charge < -0.3 is 15.1 Å². The maximum atomic E-state index is 14.9. The average Bonchev–Trinajstić information content (AvgIpc) is 2.85. The van der Waals surface area contributed by atoms with Gasteiger partial charge in [0.15, 0.2) is 0 Å². The van der Waals surface area contributed by atoms with Gasteiger partial charge in [-0.1, -0.05) is 18.2 Å². The summed E-state index contributed by atoms with van der Waals surface area (Å²) in [6, 6.07) is 16.0. The second-order valence-electron chi connectivity index (χ2n) is 8.71. The molecule has 2 heterocycles. The molecule has 0 bridgehead atoms. The first-order valence-corrected chi connectivity index (χ1v) is 11.3. The number of anilines is 2. The van der Waals surface area contributed by atoms with Crippen LogP contribution in [0.15, 0.2) is 66.9 Å². The van der Waals surface area contributed by atoms with E-state index in [1.807, 2.05) is 11.9 Å². The van der Waals surface area contributed by atoms with Gasteiger partial charge in [0.2, 0.25) is 0 Å². The fourth-order valence-corrected chi connectivity index (χ4v) is 4.35. The fourth-order valence-electron chi connectivity index (χ4n) is 4.35. The molecule has 0 saturated carbocycles. The van der Waals surface area contributed by atoms with Crippen molar-refractivity contribution in [2.75, 3.05) is 43.4 Å². The molecule has 3 aromatic carbocycles. The van der Waals surface area contributed by atoms with Crippen LogP contribution < -0.4 is 15.5 Å². The summed E-state index contributed by atoms with van der Waals surface area (Å²) < 4.78 is 28.2. The van der Waals surface area contributed by atoms with E-state index in [-0.39, 0.29) is 17.2 Å². The van der Waals surface area contributed by atoms with Crippen LogP contribution in [0.3, 0.4) is 0 Å². The second-order valence-corrected chi connectivity index (χ2v) is 8.71. The monoisotopic (exact) mass is 474 g/mol. The van der Waals surface area contributed by atoms with Gasteiger partial charge in [0.1, 0.15) is 11.6 Å². The van der Waals surface area contributed by atoms with Gasteiger partial charge in [-0.2, -0.15) is 0 Å². The average molecular weight is 475 g/mol. The van der Waals surface area contributed by atoms with Gasteiger partial charge in [-0.15, -0.1) is 0 Å². The number of imide groups is 1. The first kappa shape index (κ1) is 22.7. The van der Waals surface area contributed by atoms with Crippen LogP contribution in [0.1, 0.15) is 15.9 Å². The molecule has 6 nitrogen and oxygen atoms in total. The molecule has 1 fully saturated rings. The van der Waals surface area contributed by atoms with E-state index in [1.165, 1.54) is 24.4 Å². The molecule has 2 amide bonds. The lowest BCUT2D eigenvalue weighted by Gasteiger charge is -2.34. The van der Waals surface area contributed by atoms with Crippen molar-refractivity contribution >= 4 is 28.8 Å². The van der Waals surface area contributed by atoms with E-state index in [2.05, 4.69) is 15.5 Å². The molecule has 0 aliphatic carbocycles. The zero-order valence-corrected chi connectivity index (χ0v) is 19.1. The molecular formula is C27H24F2N4O2. The number of hydrogen-bond acceptors (Lipinski definition) is 5. The molecule has 0 aromatic heterocycles. The Bertz CT molecular complexity index is 1330. The van der Waals surface area contributed by atoms with Crippen LogP contribution in [-0.2, 0) is 4.79 Å². The molecule has 8 heteroatoms. The minimum absolute atomic E-state index is 0.243. The molecule has 2 aliphatic heterocycles. The third-order valence-electron chi connectivity index (χ3n) is 6.38. The minimum Gasteiger partial charge on any atom is -0.367 e. The molecular weight excluding hydrogens is 450 g/mol. The maximum absolute atomic E-state index is 14.9. The Balaban J connectivity index is 1.43. The highest BCUT2D eigenvalue weighted by Crippen LogP contribution is 2.30. The van der Waals surface area contributed by atoms with Gasteiger partial charge in [0.05, 0.1) is 11.3 Å². The standard InChI is InChI=1S/C27H24F2N4O2/c1-32-10-12-33(13-11-32)25-9-7-20(15-24(25)29)30-16-23-22-14-18(17-2-5-19(28)6-3-17)4-8-21(22)26(34)31-27(23)35/h2-9,14-16,30H,10-13H2,1H3,(H,31,34,35). The molecule has 1 saturated heterocycles. The van der Waals surface area contributed by atoms with E-state index in [0.29, 0.717) is 22.5 Å². The van der Waals surface area contributed by atoms with Crippen LogP contribution in [0.25, 0.3) is 16.7 Å². The number of hydrogen-bond donors (Lipinski definition) is 2. The van der Waals surface area contributed by atoms with Crippen LogP contribution in [0.5, 0.6) is 0 Å². The maximum Gasteiger partial charge on any atom is 0.260 e. The van der Waals surface area contributed by atoms with E-state index in [4.69, 9.17) is 0 Å². The first-order valence-electron chi connectivity index (χ1n) is 11.3. The Labute approximate surface area is 201 Å². The van der Waals surface area contributed by atoms with E-state index in [9.17, 15) is 18.4 Å². The van der Waals surface area contributed by atoms with Crippen LogP contribution >= 0.6 is 0 Å². The molecule has 178 valence electrons. The van der Waals surface area contributed by atoms with Crippen molar-refractivity contribution in [3.63, 3.8) is 0 Å². The van der Waals surface area contributed by atoms with Gasteiger partial charge in [0, 0.05) is 49.2 Å². The van der Waals surface area contributed by atoms with Crippen LogP contribution in [0.2, 0.25) is 0 Å². The third kappa shape index (κ3) is 4.65. The number of benzene rings is 3. The number of carbonyl (C=O) groups excluding carboxylic acids is 2. The number of piperazine rings is 1. The molecule has 2 N–H and O–H groups in total. The Morgan fingerprint density at radius 2 is 1.54 bits per heavy atom. The number of likely N-dealkylation sites (N-methyl/N-ethyl adjacent to an activating group) is 1.